The van der Waals surface area contributed by atoms with Crippen LogP contribution >= 0.6 is 0 Å². The van der Waals surface area contributed by atoms with Gasteiger partial charge in [-0.25, -0.2) is 0 Å². The van der Waals surface area contributed by atoms with Crippen LogP contribution in [0.1, 0.15) is 25.8 Å². The van der Waals surface area contributed by atoms with E-state index in [-0.39, 0.29) is 17.5 Å². The Morgan fingerprint density at radius 2 is 1.94 bits per heavy atom. The van der Waals surface area contributed by atoms with Crippen molar-refractivity contribution >= 4 is 27.9 Å². The molecule has 33 heavy (non-hydrogen) atoms. The number of amides is 1. The van der Waals surface area contributed by atoms with E-state index in [1.807, 2.05) is 32.0 Å². The third-order valence-corrected chi connectivity index (χ3v) is 5.98. The maximum atomic E-state index is 12.6. The molecule has 1 amide bonds. The number of morpholine rings is 1. The third kappa shape index (κ3) is 7.03. The summed E-state index contributed by atoms with van der Waals surface area (Å²) in [7, 11) is 1.63. The predicted octanol–water partition coefficient (Wildman–Crippen LogP) is 3.42. The van der Waals surface area contributed by atoms with Crippen LogP contribution in [0.4, 0.5) is 5.69 Å². The smallest absolute Gasteiger partial charge is 0.262 e. The van der Waals surface area contributed by atoms with Crippen LogP contribution in [0.3, 0.4) is 0 Å². The van der Waals surface area contributed by atoms with Gasteiger partial charge in [-0.3, -0.25) is 9.69 Å². The van der Waals surface area contributed by atoms with Crippen LogP contribution in [-0.2, 0) is 14.3 Å². The number of rotatable bonds is 10. The van der Waals surface area contributed by atoms with Gasteiger partial charge in [-0.2, -0.15) is 5.26 Å². The number of methoxy groups -OCH3 is 1. The molecule has 7 nitrogen and oxygen atoms in total. The van der Waals surface area contributed by atoms with E-state index in [4.69, 9.17) is 9.47 Å². The van der Waals surface area contributed by atoms with E-state index in [0.29, 0.717) is 18.6 Å². The lowest BCUT2D eigenvalue weighted by atomic mass is 9.98. The predicted molar refractivity (Wildman–Crippen MR) is 132 cm³/mol. The zero-order valence-electron chi connectivity index (χ0n) is 19.8. The van der Waals surface area contributed by atoms with Crippen LogP contribution in [0.15, 0.2) is 42.0 Å². The first-order valence-corrected chi connectivity index (χ1v) is 11.5. The van der Waals surface area contributed by atoms with E-state index in [9.17, 15) is 10.1 Å². The van der Waals surface area contributed by atoms with Crippen LogP contribution in [-0.4, -0.2) is 70.0 Å². The number of nitriles is 1. The number of benzene rings is 2. The number of anilines is 1. The zero-order valence-corrected chi connectivity index (χ0v) is 19.8. The van der Waals surface area contributed by atoms with Crippen molar-refractivity contribution < 1.29 is 14.3 Å². The van der Waals surface area contributed by atoms with Crippen molar-refractivity contribution in [1.82, 2.24) is 10.2 Å². The maximum absolute atomic E-state index is 12.6. The van der Waals surface area contributed by atoms with Gasteiger partial charge in [-0.15, -0.1) is 0 Å². The van der Waals surface area contributed by atoms with Gasteiger partial charge in [-0.1, -0.05) is 18.2 Å². The Balaban J connectivity index is 1.68. The molecule has 2 aromatic carbocycles. The van der Waals surface area contributed by atoms with E-state index in [0.717, 1.165) is 61.4 Å². The molecule has 1 fully saturated rings. The van der Waals surface area contributed by atoms with Crippen LogP contribution < -0.4 is 10.6 Å². The lowest BCUT2D eigenvalue weighted by molar-refractivity contribution is -0.117. The summed E-state index contributed by atoms with van der Waals surface area (Å²) in [6.07, 6.45) is 0.693. The molecule has 1 atom stereocenters. The van der Waals surface area contributed by atoms with Gasteiger partial charge in [-0.05, 0) is 60.4 Å². The molecule has 2 aromatic rings. The van der Waals surface area contributed by atoms with Gasteiger partial charge in [0.05, 0.1) is 13.2 Å². The summed E-state index contributed by atoms with van der Waals surface area (Å²) in [6, 6.07) is 14.3. The number of fused-ring (bicyclic) bond motifs is 1. The first-order chi connectivity index (χ1) is 16.0. The molecule has 7 heteroatoms. The highest BCUT2D eigenvalue weighted by molar-refractivity contribution is 6.05. The molecule has 0 aromatic heterocycles. The fraction of sp³-hybridized carbons (Fsp3) is 0.462. The fourth-order valence-electron chi connectivity index (χ4n) is 3.88. The summed E-state index contributed by atoms with van der Waals surface area (Å²) in [6.45, 7) is 9.77. The highest BCUT2D eigenvalue weighted by atomic mass is 16.5. The van der Waals surface area contributed by atoms with Gasteiger partial charge >= 0.3 is 0 Å². The molecule has 0 saturated carbocycles. The van der Waals surface area contributed by atoms with Crippen molar-refractivity contribution in [2.24, 2.45) is 0 Å². The lowest BCUT2D eigenvalue weighted by Gasteiger charge is -2.26. The quantitative estimate of drug-likeness (QED) is 0.426. The van der Waals surface area contributed by atoms with Crippen molar-refractivity contribution in [3.63, 3.8) is 0 Å². The van der Waals surface area contributed by atoms with Crippen molar-refractivity contribution in [2.75, 3.05) is 58.4 Å². The molecule has 3 rings (SSSR count). The van der Waals surface area contributed by atoms with Gasteiger partial charge in [0.15, 0.2) is 0 Å². The van der Waals surface area contributed by atoms with E-state index in [1.54, 1.807) is 7.11 Å². The normalized spacial score (nSPS) is 16.1. The van der Waals surface area contributed by atoms with Crippen LogP contribution in [0.5, 0.6) is 0 Å². The largest absolute Gasteiger partial charge is 0.385 e. The number of nitrogens with zero attached hydrogens (tertiary/aromatic N) is 2. The Bertz CT molecular complexity index is 1020. The lowest BCUT2D eigenvalue weighted by Crippen LogP contribution is -2.38. The van der Waals surface area contributed by atoms with Gasteiger partial charge < -0.3 is 20.1 Å². The molecule has 0 bridgehead atoms. The first-order valence-electron chi connectivity index (χ1n) is 11.5. The molecule has 0 aliphatic carbocycles. The Kier molecular flexibility index (Phi) is 9.25. The standard InChI is InChI=1S/C26H34N4O3/c1-19(8-13-32-3)29-26(31)25(18-27)20(2)21-4-5-23-17-24(7-6-22(23)16-21)28-9-10-30-11-14-33-15-12-30/h4-7,16-17,19,28H,8-15H2,1-3H3,(H,29,31)/b25-20+. The molecular weight excluding hydrogens is 416 g/mol. The average molecular weight is 451 g/mol. The zero-order chi connectivity index (χ0) is 23.6. The van der Waals surface area contributed by atoms with Crippen LogP contribution in [0.2, 0.25) is 0 Å². The third-order valence-electron chi connectivity index (χ3n) is 5.98. The van der Waals surface area contributed by atoms with Gasteiger partial charge in [0.2, 0.25) is 0 Å². The number of carbonyl (C=O) groups excluding carboxylic acids is 1. The second-order valence-electron chi connectivity index (χ2n) is 8.43. The molecule has 2 N–H and O–H groups in total. The second-order valence-corrected chi connectivity index (χ2v) is 8.43. The summed E-state index contributed by atoms with van der Waals surface area (Å²) in [5.41, 5.74) is 2.76. The van der Waals surface area contributed by atoms with E-state index >= 15 is 0 Å². The van der Waals surface area contributed by atoms with Crippen molar-refractivity contribution in [2.45, 2.75) is 26.3 Å². The van der Waals surface area contributed by atoms with Crippen LogP contribution in [0.25, 0.3) is 16.3 Å². The highest BCUT2D eigenvalue weighted by Crippen LogP contribution is 2.25. The van der Waals surface area contributed by atoms with E-state index < -0.39 is 0 Å². The Morgan fingerprint density at radius 1 is 1.21 bits per heavy atom. The first kappa shape index (κ1) is 24.7. The number of allylic oxidation sites excluding steroid dienone is 1. The number of ether oxygens (including phenoxy) is 2. The number of hydrogen-bond acceptors (Lipinski definition) is 6. The molecule has 1 aliphatic rings. The Morgan fingerprint density at radius 3 is 2.67 bits per heavy atom. The number of hydrogen-bond donors (Lipinski definition) is 2. The van der Waals surface area contributed by atoms with E-state index in [1.165, 1.54) is 0 Å². The summed E-state index contributed by atoms with van der Waals surface area (Å²) in [5, 5.41) is 18.2. The average Bonchev–Trinajstić information content (AvgIpc) is 2.83. The molecular formula is C26H34N4O3. The number of nitrogens with one attached hydrogen (secondary N) is 2. The van der Waals surface area contributed by atoms with Gasteiger partial charge in [0.25, 0.3) is 5.91 Å². The van der Waals surface area contributed by atoms with Crippen molar-refractivity contribution in [3.05, 3.63) is 47.5 Å². The van der Waals surface area contributed by atoms with Crippen LogP contribution in [0, 0.1) is 11.3 Å². The summed E-state index contributed by atoms with van der Waals surface area (Å²) >= 11 is 0. The molecule has 0 radical (unpaired) electrons. The maximum Gasteiger partial charge on any atom is 0.262 e. The summed E-state index contributed by atoms with van der Waals surface area (Å²) < 4.78 is 10.5. The Labute approximate surface area is 196 Å². The Hall–Kier alpha value is -2.92. The molecule has 176 valence electrons. The SMILES string of the molecule is COCCC(C)NC(=O)/C(C#N)=C(\C)c1ccc2cc(NCCN3CCOCC3)ccc2c1. The van der Waals surface area contributed by atoms with Crippen molar-refractivity contribution in [3.8, 4) is 6.07 Å². The molecule has 1 heterocycles. The topological polar surface area (TPSA) is 86.6 Å². The molecule has 0 spiro atoms. The fourth-order valence-corrected chi connectivity index (χ4v) is 3.88. The molecule has 1 aliphatic heterocycles. The minimum absolute atomic E-state index is 0.0700. The van der Waals surface area contributed by atoms with E-state index in [2.05, 4.69) is 39.8 Å². The minimum atomic E-state index is -0.349. The summed E-state index contributed by atoms with van der Waals surface area (Å²) in [5.74, 6) is -0.349. The van der Waals surface area contributed by atoms with Gasteiger partial charge in [0, 0.05) is 51.6 Å². The summed E-state index contributed by atoms with van der Waals surface area (Å²) in [4.78, 5) is 15.0. The monoisotopic (exact) mass is 450 g/mol. The van der Waals surface area contributed by atoms with Crippen molar-refractivity contribution in [1.29, 1.82) is 5.26 Å². The molecule has 1 unspecified atom stereocenters. The minimum Gasteiger partial charge on any atom is -0.385 e. The van der Waals surface area contributed by atoms with Gasteiger partial charge in [0.1, 0.15) is 11.6 Å². The highest BCUT2D eigenvalue weighted by Gasteiger charge is 2.16. The number of carbonyl (C=O) groups is 1. The molecule has 1 saturated heterocycles. The second kappa shape index (κ2) is 12.4.